The predicted octanol–water partition coefficient (Wildman–Crippen LogP) is 3.24. The fourth-order valence-corrected chi connectivity index (χ4v) is 3.70. The molecule has 2 N–H and O–H groups in total. The van der Waals surface area contributed by atoms with E-state index in [1.807, 2.05) is 11.6 Å². The summed E-state index contributed by atoms with van der Waals surface area (Å²) in [6.45, 7) is 4.85. The Bertz CT molecular complexity index is 747. The lowest BCUT2D eigenvalue weighted by molar-refractivity contribution is -0.122. The normalized spacial score (nSPS) is 15.7. The first-order valence-corrected chi connectivity index (χ1v) is 9.13. The van der Waals surface area contributed by atoms with Gasteiger partial charge in [-0.05, 0) is 49.9 Å². The molecule has 1 unspecified atom stereocenters. The number of fused-ring (bicyclic) bond motifs is 1. The lowest BCUT2D eigenvalue weighted by Crippen LogP contribution is -2.34. The van der Waals surface area contributed by atoms with Gasteiger partial charge in [-0.3, -0.25) is 4.79 Å². The summed E-state index contributed by atoms with van der Waals surface area (Å²) < 4.78 is 15.3. The van der Waals surface area contributed by atoms with Crippen molar-refractivity contribution in [1.82, 2.24) is 20.2 Å². The highest BCUT2D eigenvalue weighted by Crippen LogP contribution is 2.24. The maximum atomic E-state index is 13.3. The first-order valence-electron chi connectivity index (χ1n) is 9.13. The van der Waals surface area contributed by atoms with Gasteiger partial charge in [0.15, 0.2) is 0 Å². The number of aromatic nitrogens is 2. The van der Waals surface area contributed by atoms with Crippen molar-refractivity contribution in [2.24, 2.45) is 18.9 Å². The van der Waals surface area contributed by atoms with Crippen LogP contribution in [0.25, 0.3) is 11.0 Å². The van der Waals surface area contributed by atoms with E-state index in [1.54, 1.807) is 6.07 Å². The summed E-state index contributed by atoms with van der Waals surface area (Å²) in [5.74, 6) is 1.74. The molecule has 152 valence electrons. The molecule has 1 amide bonds. The monoisotopic (exact) mass is 418 g/mol. The van der Waals surface area contributed by atoms with Crippen LogP contribution >= 0.6 is 24.8 Å². The maximum absolute atomic E-state index is 13.3. The van der Waals surface area contributed by atoms with E-state index in [9.17, 15) is 9.18 Å². The van der Waals surface area contributed by atoms with Gasteiger partial charge in [-0.1, -0.05) is 6.92 Å². The largest absolute Gasteiger partial charge is 0.356 e. The summed E-state index contributed by atoms with van der Waals surface area (Å²) in [5.41, 5.74) is 1.56. The van der Waals surface area contributed by atoms with E-state index < -0.39 is 0 Å². The molecule has 2 aromatic rings. The van der Waals surface area contributed by atoms with Gasteiger partial charge in [0, 0.05) is 32.5 Å². The van der Waals surface area contributed by atoms with Crippen molar-refractivity contribution in [3.63, 3.8) is 0 Å². The van der Waals surface area contributed by atoms with Gasteiger partial charge in [0.2, 0.25) is 5.91 Å². The van der Waals surface area contributed by atoms with Gasteiger partial charge in [0.05, 0.1) is 11.0 Å². The number of carbonyl (C=O) groups is 1. The molecule has 3 rings (SSSR count). The number of imidazole rings is 1. The Hall–Kier alpha value is -1.37. The fraction of sp³-hybridized carbons (Fsp3) is 0.579. The first kappa shape index (κ1) is 23.7. The summed E-state index contributed by atoms with van der Waals surface area (Å²) in [7, 11) is 1.92. The summed E-state index contributed by atoms with van der Waals surface area (Å²) in [5, 5.41) is 6.36. The van der Waals surface area contributed by atoms with Crippen molar-refractivity contribution in [3.8, 4) is 0 Å². The van der Waals surface area contributed by atoms with Crippen molar-refractivity contribution >= 4 is 41.8 Å². The minimum Gasteiger partial charge on any atom is -0.356 e. The van der Waals surface area contributed by atoms with Gasteiger partial charge in [0.25, 0.3) is 0 Å². The predicted molar refractivity (Wildman–Crippen MR) is 111 cm³/mol. The Labute approximate surface area is 172 Å². The Morgan fingerprint density at radius 2 is 2.07 bits per heavy atom. The van der Waals surface area contributed by atoms with Crippen molar-refractivity contribution < 1.29 is 9.18 Å². The number of piperidine rings is 1. The molecule has 1 atom stereocenters. The van der Waals surface area contributed by atoms with Crippen LogP contribution < -0.4 is 10.6 Å². The second-order valence-corrected chi connectivity index (χ2v) is 7.09. The number of rotatable bonds is 6. The quantitative estimate of drug-likeness (QED) is 0.756. The van der Waals surface area contributed by atoms with E-state index >= 15 is 0 Å². The van der Waals surface area contributed by atoms with Gasteiger partial charge < -0.3 is 15.2 Å². The van der Waals surface area contributed by atoms with Crippen LogP contribution in [0.5, 0.6) is 0 Å². The zero-order valence-corrected chi connectivity index (χ0v) is 17.5. The van der Waals surface area contributed by atoms with E-state index in [1.165, 1.54) is 12.1 Å². The number of nitrogens with zero attached hydrogens (tertiary/aromatic N) is 2. The van der Waals surface area contributed by atoms with Crippen molar-refractivity contribution in [3.05, 3.63) is 29.8 Å². The zero-order chi connectivity index (χ0) is 17.8. The number of amides is 1. The first-order chi connectivity index (χ1) is 12.0. The standard InChI is InChI=1S/C19H27FN4O.2ClH/c1-13(14-5-8-21-9-6-14)11-19(25)22-10-7-18-23-16-12-15(20)3-4-17(16)24(18)2;;/h3-4,12-14,21H,5-11H2,1-2H3,(H,22,25);2*1H. The summed E-state index contributed by atoms with van der Waals surface area (Å²) >= 11 is 0. The Morgan fingerprint density at radius 1 is 1.37 bits per heavy atom. The van der Waals surface area contributed by atoms with Gasteiger partial charge in [-0.25, -0.2) is 9.37 Å². The van der Waals surface area contributed by atoms with E-state index in [4.69, 9.17) is 0 Å². The third-order valence-electron chi connectivity index (χ3n) is 5.30. The van der Waals surface area contributed by atoms with Crippen LogP contribution in [-0.2, 0) is 18.3 Å². The number of benzene rings is 1. The molecule has 1 saturated heterocycles. The molecular formula is C19H29Cl2FN4O. The van der Waals surface area contributed by atoms with Crippen LogP contribution in [0.15, 0.2) is 18.2 Å². The second-order valence-electron chi connectivity index (χ2n) is 7.09. The highest BCUT2D eigenvalue weighted by Gasteiger charge is 2.21. The summed E-state index contributed by atoms with van der Waals surface area (Å²) in [4.78, 5) is 16.7. The highest BCUT2D eigenvalue weighted by atomic mass is 35.5. The van der Waals surface area contributed by atoms with Crippen LogP contribution in [0.3, 0.4) is 0 Å². The molecular weight excluding hydrogens is 390 g/mol. The van der Waals surface area contributed by atoms with E-state index in [0.29, 0.717) is 36.7 Å². The Kier molecular flexibility index (Phi) is 9.50. The summed E-state index contributed by atoms with van der Waals surface area (Å²) in [6.07, 6.45) is 3.54. The lowest BCUT2D eigenvalue weighted by Gasteiger charge is -2.27. The second kappa shape index (κ2) is 10.8. The molecule has 0 bridgehead atoms. The van der Waals surface area contributed by atoms with Gasteiger partial charge >= 0.3 is 0 Å². The van der Waals surface area contributed by atoms with E-state index in [2.05, 4.69) is 22.5 Å². The molecule has 1 aliphatic rings. The number of carbonyl (C=O) groups excluding carboxylic acids is 1. The molecule has 1 aliphatic heterocycles. The molecule has 0 spiro atoms. The average Bonchev–Trinajstić information content (AvgIpc) is 2.91. The smallest absolute Gasteiger partial charge is 0.220 e. The Balaban J connectivity index is 0.00000182. The summed E-state index contributed by atoms with van der Waals surface area (Å²) in [6, 6.07) is 4.62. The highest BCUT2D eigenvalue weighted by molar-refractivity contribution is 5.85. The molecule has 2 heterocycles. The molecule has 27 heavy (non-hydrogen) atoms. The van der Waals surface area contributed by atoms with Crippen molar-refractivity contribution in [2.75, 3.05) is 19.6 Å². The number of halogens is 3. The topological polar surface area (TPSA) is 59.0 Å². The minimum atomic E-state index is -0.280. The van der Waals surface area contributed by atoms with Crippen LogP contribution in [-0.4, -0.2) is 35.1 Å². The zero-order valence-electron chi connectivity index (χ0n) is 15.8. The molecule has 8 heteroatoms. The van der Waals surface area contributed by atoms with Gasteiger partial charge in [-0.15, -0.1) is 24.8 Å². The van der Waals surface area contributed by atoms with E-state index in [0.717, 1.165) is 37.3 Å². The van der Waals surface area contributed by atoms with Crippen LogP contribution in [0.1, 0.15) is 32.0 Å². The molecule has 0 radical (unpaired) electrons. The number of hydrogen-bond donors (Lipinski definition) is 2. The van der Waals surface area contributed by atoms with Gasteiger partial charge in [-0.2, -0.15) is 0 Å². The molecule has 5 nitrogen and oxygen atoms in total. The van der Waals surface area contributed by atoms with Crippen LogP contribution in [0.2, 0.25) is 0 Å². The molecule has 1 aromatic heterocycles. The van der Waals surface area contributed by atoms with Crippen molar-refractivity contribution in [1.29, 1.82) is 0 Å². The van der Waals surface area contributed by atoms with Crippen LogP contribution in [0, 0.1) is 17.7 Å². The van der Waals surface area contributed by atoms with Crippen LogP contribution in [0.4, 0.5) is 4.39 Å². The maximum Gasteiger partial charge on any atom is 0.220 e. The average molecular weight is 419 g/mol. The third kappa shape index (κ3) is 6.06. The fourth-order valence-electron chi connectivity index (χ4n) is 3.70. The SMILES string of the molecule is CC(CC(=O)NCCc1nc2cc(F)ccc2n1C)C1CCNCC1.Cl.Cl. The molecule has 1 fully saturated rings. The molecule has 1 aromatic carbocycles. The lowest BCUT2D eigenvalue weighted by atomic mass is 9.84. The van der Waals surface area contributed by atoms with Gasteiger partial charge in [0.1, 0.15) is 11.6 Å². The number of hydrogen-bond acceptors (Lipinski definition) is 3. The Morgan fingerprint density at radius 3 is 2.78 bits per heavy atom. The minimum absolute atomic E-state index is 0. The van der Waals surface area contributed by atoms with Crippen molar-refractivity contribution in [2.45, 2.75) is 32.6 Å². The molecule has 0 saturated carbocycles. The molecule has 0 aliphatic carbocycles. The number of aryl methyl sites for hydroxylation is 1. The third-order valence-corrected chi connectivity index (χ3v) is 5.30. The number of nitrogens with one attached hydrogen (secondary N) is 2. The van der Waals surface area contributed by atoms with E-state index in [-0.39, 0.29) is 36.5 Å².